The quantitative estimate of drug-likeness (QED) is 0.728. The summed E-state index contributed by atoms with van der Waals surface area (Å²) in [6.45, 7) is 2.19. The zero-order chi connectivity index (χ0) is 13.3. The second-order valence-electron chi connectivity index (χ2n) is 4.56. The van der Waals surface area contributed by atoms with E-state index < -0.39 is 0 Å². The monoisotopic (exact) mass is 285 g/mol. The molecule has 0 radical (unpaired) electrons. The second-order valence-corrected chi connectivity index (χ2v) is 6.39. The van der Waals surface area contributed by atoms with Crippen molar-refractivity contribution in [3.63, 3.8) is 0 Å². The first-order valence-corrected chi connectivity index (χ1v) is 8.07. The number of thioether (sulfide) groups is 1. The Morgan fingerprint density at radius 3 is 2.72 bits per heavy atom. The van der Waals surface area contributed by atoms with E-state index >= 15 is 0 Å². The molecule has 1 unspecified atom stereocenters. The van der Waals surface area contributed by atoms with Gasteiger partial charge in [-0.2, -0.15) is 0 Å². The average molecular weight is 285 g/mol. The van der Waals surface area contributed by atoms with Gasteiger partial charge >= 0.3 is 0 Å². The summed E-state index contributed by atoms with van der Waals surface area (Å²) in [5, 5.41) is 7.16. The van der Waals surface area contributed by atoms with Crippen LogP contribution in [0.15, 0.2) is 4.90 Å². The summed E-state index contributed by atoms with van der Waals surface area (Å²) < 4.78 is 0. The van der Waals surface area contributed by atoms with Crippen molar-refractivity contribution in [2.75, 3.05) is 24.4 Å². The Morgan fingerprint density at radius 1 is 1.56 bits per heavy atom. The molecule has 1 aliphatic rings. The van der Waals surface area contributed by atoms with Crippen molar-refractivity contribution in [2.45, 2.75) is 30.7 Å². The first-order chi connectivity index (χ1) is 8.58. The summed E-state index contributed by atoms with van der Waals surface area (Å²) in [6.07, 6.45) is 4.58. The highest BCUT2D eigenvalue weighted by atomic mass is 32.2. The van der Waals surface area contributed by atoms with Crippen LogP contribution in [0.2, 0.25) is 0 Å². The number of carbonyl (C=O) groups is 1. The van der Waals surface area contributed by atoms with E-state index in [1.807, 2.05) is 6.26 Å². The van der Waals surface area contributed by atoms with E-state index in [0.717, 1.165) is 15.8 Å². The Kier molecular flexibility index (Phi) is 4.07. The Bertz CT molecular complexity index is 454. The highest BCUT2D eigenvalue weighted by Crippen LogP contribution is 2.43. The minimum atomic E-state index is -0.111. The van der Waals surface area contributed by atoms with E-state index in [1.54, 1.807) is 18.8 Å². The summed E-state index contributed by atoms with van der Waals surface area (Å²) in [7, 11) is 1.63. The molecule has 1 aliphatic carbocycles. The van der Waals surface area contributed by atoms with Gasteiger partial charge in [-0.15, -0.1) is 23.1 Å². The number of anilines is 2. The van der Waals surface area contributed by atoms with E-state index in [4.69, 9.17) is 5.73 Å². The van der Waals surface area contributed by atoms with Crippen molar-refractivity contribution in [3.8, 4) is 0 Å². The molecule has 0 spiro atoms. The molecule has 6 heteroatoms. The second kappa shape index (κ2) is 5.40. The van der Waals surface area contributed by atoms with Crippen LogP contribution >= 0.6 is 23.1 Å². The van der Waals surface area contributed by atoms with Gasteiger partial charge in [0, 0.05) is 13.1 Å². The summed E-state index contributed by atoms with van der Waals surface area (Å²) >= 11 is 3.04. The molecule has 0 saturated heterocycles. The molecule has 1 aromatic heterocycles. The largest absolute Gasteiger partial charge is 0.396 e. The van der Waals surface area contributed by atoms with Crippen LogP contribution in [0, 0.1) is 5.92 Å². The molecule has 0 bridgehead atoms. The zero-order valence-corrected chi connectivity index (χ0v) is 12.5. The molecule has 1 fully saturated rings. The van der Waals surface area contributed by atoms with Gasteiger partial charge in [0.15, 0.2) is 0 Å². The third-order valence-electron chi connectivity index (χ3n) is 3.22. The maximum atomic E-state index is 11.7. The van der Waals surface area contributed by atoms with Crippen molar-refractivity contribution < 1.29 is 4.79 Å². The van der Waals surface area contributed by atoms with Crippen molar-refractivity contribution in [1.82, 2.24) is 5.32 Å². The van der Waals surface area contributed by atoms with Crippen LogP contribution in [0.1, 0.15) is 29.4 Å². The van der Waals surface area contributed by atoms with Gasteiger partial charge in [-0.3, -0.25) is 4.79 Å². The third kappa shape index (κ3) is 2.59. The van der Waals surface area contributed by atoms with Crippen LogP contribution < -0.4 is 16.4 Å². The highest BCUT2D eigenvalue weighted by molar-refractivity contribution is 7.99. The minimum absolute atomic E-state index is 0.111. The third-order valence-corrected chi connectivity index (χ3v) is 5.32. The number of thiophene rings is 1. The van der Waals surface area contributed by atoms with Crippen LogP contribution in [-0.4, -0.2) is 25.3 Å². The molecule has 0 aliphatic heterocycles. The number of rotatable bonds is 5. The van der Waals surface area contributed by atoms with Gasteiger partial charge < -0.3 is 16.4 Å². The number of carbonyl (C=O) groups excluding carboxylic acids is 1. The molecule has 1 saturated carbocycles. The fraction of sp³-hybridized carbons (Fsp3) is 0.583. The molecular weight excluding hydrogens is 266 g/mol. The minimum Gasteiger partial charge on any atom is -0.396 e. The van der Waals surface area contributed by atoms with Crippen molar-refractivity contribution in [2.24, 2.45) is 5.92 Å². The molecule has 100 valence electrons. The van der Waals surface area contributed by atoms with E-state index in [-0.39, 0.29) is 5.91 Å². The summed E-state index contributed by atoms with van der Waals surface area (Å²) in [5.41, 5.74) is 6.64. The van der Waals surface area contributed by atoms with Crippen LogP contribution in [0.5, 0.6) is 0 Å². The lowest BCUT2D eigenvalue weighted by atomic mass is 10.2. The number of nitrogen functional groups attached to an aromatic ring is 1. The van der Waals surface area contributed by atoms with Gasteiger partial charge in [0.05, 0.1) is 10.6 Å². The molecule has 4 N–H and O–H groups in total. The highest BCUT2D eigenvalue weighted by Gasteiger charge is 2.29. The standard InChI is InChI=1S/C12H19N3OS2/c1-6(7-4-5-7)15-12-10(17-3)8(13)9(18-12)11(16)14-2/h6-7,15H,4-5,13H2,1-3H3,(H,14,16). The fourth-order valence-corrected chi connectivity index (χ4v) is 3.99. The Hall–Kier alpha value is -0.880. The molecule has 1 aromatic rings. The molecule has 1 atom stereocenters. The lowest BCUT2D eigenvalue weighted by Gasteiger charge is -2.13. The summed E-state index contributed by atoms with van der Waals surface area (Å²) in [6, 6.07) is 0.450. The molecule has 1 heterocycles. The molecule has 18 heavy (non-hydrogen) atoms. The van der Waals surface area contributed by atoms with Gasteiger partial charge in [-0.05, 0) is 31.9 Å². The summed E-state index contributed by atoms with van der Waals surface area (Å²) in [5.74, 6) is 0.659. The maximum Gasteiger partial charge on any atom is 0.263 e. The van der Waals surface area contributed by atoms with E-state index in [0.29, 0.717) is 16.6 Å². The van der Waals surface area contributed by atoms with Crippen LogP contribution in [0.25, 0.3) is 0 Å². The number of nitrogens with two attached hydrogens (primary N) is 1. The molecule has 1 amide bonds. The van der Waals surface area contributed by atoms with Crippen molar-refractivity contribution >= 4 is 39.7 Å². The van der Waals surface area contributed by atoms with Gasteiger partial charge in [0.2, 0.25) is 0 Å². The van der Waals surface area contributed by atoms with Crippen molar-refractivity contribution in [1.29, 1.82) is 0 Å². The molecule has 4 nitrogen and oxygen atoms in total. The molecule has 0 aromatic carbocycles. The number of nitrogens with one attached hydrogen (secondary N) is 2. The Morgan fingerprint density at radius 2 is 2.22 bits per heavy atom. The topological polar surface area (TPSA) is 67.2 Å². The Labute approximate surface area is 116 Å². The molecular formula is C12H19N3OS2. The van der Waals surface area contributed by atoms with Gasteiger partial charge in [-0.1, -0.05) is 0 Å². The van der Waals surface area contributed by atoms with Crippen LogP contribution in [0.4, 0.5) is 10.7 Å². The van der Waals surface area contributed by atoms with Gasteiger partial charge in [0.25, 0.3) is 5.91 Å². The van der Waals surface area contributed by atoms with Crippen LogP contribution in [-0.2, 0) is 0 Å². The number of amides is 1. The maximum absolute atomic E-state index is 11.7. The van der Waals surface area contributed by atoms with E-state index in [1.165, 1.54) is 24.2 Å². The predicted molar refractivity (Wildman–Crippen MR) is 79.7 cm³/mol. The SMILES string of the molecule is CNC(=O)c1sc(NC(C)C2CC2)c(SC)c1N. The lowest BCUT2D eigenvalue weighted by molar-refractivity contribution is 0.0968. The normalized spacial score (nSPS) is 16.4. The molecule has 2 rings (SSSR count). The van der Waals surface area contributed by atoms with E-state index in [9.17, 15) is 4.79 Å². The van der Waals surface area contributed by atoms with Gasteiger partial charge in [0.1, 0.15) is 9.88 Å². The lowest BCUT2D eigenvalue weighted by Crippen LogP contribution is -2.17. The summed E-state index contributed by atoms with van der Waals surface area (Å²) in [4.78, 5) is 13.3. The first-order valence-electron chi connectivity index (χ1n) is 6.03. The predicted octanol–water partition coefficient (Wildman–Crippen LogP) is 2.62. The van der Waals surface area contributed by atoms with Crippen LogP contribution in [0.3, 0.4) is 0 Å². The zero-order valence-electron chi connectivity index (χ0n) is 10.9. The van der Waals surface area contributed by atoms with Gasteiger partial charge in [-0.25, -0.2) is 0 Å². The number of hydrogen-bond donors (Lipinski definition) is 3. The van der Waals surface area contributed by atoms with E-state index in [2.05, 4.69) is 17.6 Å². The number of hydrogen-bond acceptors (Lipinski definition) is 5. The smallest absolute Gasteiger partial charge is 0.263 e. The fourth-order valence-electron chi connectivity index (χ4n) is 1.93. The average Bonchev–Trinajstić information content (AvgIpc) is 3.15. The van der Waals surface area contributed by atoms with Crippen molar-refractivity contribution in [3.05, 3.63) is 4.88 Å². The Balaban J connectivity index is 2.25. The first kappa shape index (κ1) is 13.5.